The van der Waals surface area contributed by atoms with Crippen molar-refractivity contribution in [2.75, 3.05) is 47.5 Å². The molecule has 0 spiro atoms. The zero-order valence-corrected chi connectivity index (χ0v) is 54.8. The van der Waals surface area contributed by atoms with Crippen LogP contribution < -0.4 is 0 Å². The van der Waals surface area contributed by atoms with Crippen molar-refractivity contribution in [3.05, 3.63) is 85.1 Å². The average molecular weight is 1160 g/mol. The molecule has 2 unspecified atom stereocenters. The molecule has 0 aliphatic carbocycles. The first-order valence-electron chi connectivity index (χ1n) is 34.8. The molecule has 9 nitrogen and oxygen atoms in total. The van der Waals surface area contributed by atoms with Gasteiger partial charge in [0.15, 0.2) is 6.10 Å². The number of likely N-dealkylation sites (N-methyl/N-ethyl adjacent to an activating group) is 1. The Hall–Kier alpha value is -3.53. The van der Waals surface area contributed by atoms with Crippen LogP contribution >= 0.6 is 0 Å². The molecule has 2 atom stereocenters. The van der Waals surface area contributed by atoms with Gasteiger partial charge in [-0.2, -0.15) is 0 Å². The Kier molecular flexibility index (Phi) is 61.7. The SMILES string of the molecule is CC/C=C\C/C=C\C/C=C\C/C=C\CCCCCCCCCCCCCCCCC(=O)OC(COC(=O)CCCCCCCCCCCCCCCCCC/C=C\C/C=C\C/C=C\CCCCCCC)COC(OCC[N+](C)(C)C)C(=O)O. The maximum Gasteiger partial charge on any atom is 0.361 e. The number of carboxylic acid groups (broad SMARTS) is 1. The largest absolute Gasteiger partial charge is 0.477 e. The molecule has 0 radical (unpaired) electrons. The lowest BCUT2D eigenvalue weighted by molar-refractivity contribution is -0.870. The van der Waals surface area contributed by atoms with Gasteiger partial charge in [-0.25, -0.2) is 4.79 Å². The molecule has 0 aromatic rings. The number of quaternary nitrogens is 1. The number of carbonyl (C=O) groups is 3. The summed E-state index contributed by atoms with van der Waals surface area (Å²) in [7, 11) is 5.98. The van der Waals surface area contributed by atoms with Gasteiger partial charge in [-0.3, -0.25) is 9.59 Å². The van der Waals surface area contributed by atoms with Crippen LogP contribution in [0.2, 0.25) is 0 Å². The highest BCUT2D eigenvalue weighted by Gasteiger charge is 2.25. The number of aliphatic carboxylic acids is 1. The summed E-state index contributed by atoms with van der Waals surface area (Å²) < 4.78 is 23.0. The molecule has 480 valence electrons. The summed E-state index contributed by atoms with van der Waals surface area (Å²) in [6.07, 6.45) is 84.0. The second kappa shape index (κ2) is 64.5. The van der Waals surface area contributed by atoms with E-state index in [2.05, 4.69) is 98.9 Å². The van der Waals surface area contributed by atoms with Crippen molar-refractivity contribution in [2.45, 2.75) is 322 Å². The first kappa shape index (κ1) is 79.5. The van der Waals surface area contributed by atoms with Crippen molar-refractivity contribution < 1.29 is 42.9 Å². The predicted octanol–water partition coefficient (Wildman–Crippen LogP) is 21.5. The summed E-state index contributed by atoms with van der Waals surface area (Å²) in [4.78, 5) is 37.6. The standard InChI is InChI=1S/C74H131NO8/c1-6-8-10-12-14-16-18-20-22-24-26-28-30-32-34-35-36-37-39-40-42-44-46-48-50-52-54-56-58-60-62-64-71(76)81-68-70(69-82-74(73(78)79)80-67-66-75(3,4)5)83-72(77)65-63-61-59-57-55-53-51-49-47-45-43-41-38-33-31-29-27-25-23-21-19-17-15-13-11-9-7-2/h9,11,15,17-18,20-21,23-24,26-27,29-30,32,70,74H,6-8,10,12-14,16,19,22,25,28,31,33-69H2,1-5H3/p+1/b11-9-,17-15-,20-18-,23-21-,26-24-,29-27-,32-30-. The Labute approximate surface area is 512 Å². The number of rotatable bonds is 64. The topological polar surface area (TPSA) is 108 Å². The lowest BCUT2D eigenvalue weighted by Gasteiger charge is -2.25. The highest BCUT2D eigenvalue weighted by atomic mass is 16.7. The van der Waals surface area contributed by atoms with E-state index in [1.807, 2.05) is 21.1 Å². The molecule has 0 heterocycles. The zero-order valence-electron chi connectivity index (χ0n) is 54.8. The molecule has 0 amide bonds. The van der Waals surface area contributed by atoms with Crippen LogP contribution in [0, 0.1) is 0 Å². The zero-order chi connectivity index (χ0) is 60.5. The lowest BCUT2D eigenvalue weighted by Crippen LogP contribution is -2.40. The average Bonchev–Trinajstić information content (AvgIpc) is 3.46. The molecule has 1 N–H and O–H groups in total. The van der Waals surface area contributed by atoms with Crippen molar-refractivity contribution in [2.24, 2.45) is 0 Å². The van der Waals surface area contributed by atoms with Crippen molar-refractivity contribution >= 4 is 17.9 Å². The normalized spacial score (nSPS) is 13.2. The van der Waals surface area contributed by atoms with E-state index in [0.717, 1.165) is 77.0 Å². The van der Waals surface area contributed by atoms with E-state index in [1.54, 1.807) is 0 Å². The van der Waals surface area contributed by atoms with Crippen LogP contribution in [-0.4, -0.2) is 87.4 Å². The molecule has 0 aliphatic rings. The molecule has 0 aliphatic heterocycles. The van der Waals surface area contributed by atoms with Crippen LogP contribution in [0.5, 0.6) is 0 Å². The van der Waals surface area contributed by atoms with Crippen molar-refractivity contribution in [1.29, 1.82) is 0 Å². The van der Waals surface area contributed by atoms with Crippen LogP contribution in [-0.2, 0) is 33.3 Å². The maximum atomic E-state index is 12.9. The van der Waals surface area contributed by atoms with E-state index >= 15 is 0 Å². The van der Waals surface area contributed by atoms with E-state index in [1.165, 1.54) is 205 Å². The van der Waals surface area contributed by atoms with Gasteiger partial charge in [0.05, 0.1) is 34.4 Å². The predicted molar refractivity (Wildman–Crippen MR) is 355 cm³/mol. The molecular weight excluding hydrogens is 1030 g/mol. The minimum absolute atomic E-state index is 0.183. The number of unbranched alkanes of at least 4 members (excludes halogenated alkanes) is 35. The van der Waals surface area contributed by atoms with Gasteiger partial charge in [-0.1, -0.05) is 292 Å². The number of carboxylic acids is 1. The third-order valence-electron chi connectivity index (χ3n) is 15.1. The minimum Gasteiger partial charge on any atom is -0.477 e. The summed E-state index contributed by atoms with van der Waals surface area (Å²) in [6.45, 7) is 4.79. The minimum atomic E-state index is -1.51. The fraction of sp³-hybridized carbons (Fsp3) is 0.770. The summed E-state index contributed by atoms with van der Waals surface area (Å²) in [5, 5.41) is 9.75. The molecule has 0 fully saturated rings. The fourth-order valence-electron chi connectivity index (χ4n) is 9.84. The summed E-state index contributed by atoms with van der Waals surface area (Å²) in [5.41, 5.74) is 0. The molecule has 0 saturated heterocycles. The van der Waals surface area contributed by atoms with Gasteiger partial charge in [0.25, 0.3) is 6.29 Å². The molecular formula is C74H132NO8+. The van der Waals surface area contributed by atoms with Crippen LogP contribution in [0.25, 0.3) is 0 Å². The second-order valence-corrected chi connectivity index (χ2v) is 24.5. The molecule has 0 bridgehead atoms. The number of hydrogen-bond donors (Lipinski definition) is 1. The summed E-state index contributed by atoms with van der Waals surface area (Å²) in [5.74, 6) is -1.99. The van der Waals surface area contributed by atoms with E-state index < -0.39 is 24.3 Å². The van der Waals surface area contributed by atoms with Crippen LogP contribution in [0.3, 0.4) is 0 Å². The third-order valence-corrected chi connectivity index (χ3v) is 15.1. The molecule has 83 heavy (non-hydrogen) atoms. The molecule has 0 saturated carbocycles. The van der Waals surface area contributed by atoms with Gasteiger partial charge >= 0.3 is 17.9 Å². The Bertz CT molecular complexity index is 1640. The molecule has 0 aromatic heterocycles. The highest BCUT2D eigenvalue weighted by Crippen LogP contribution is 2.18. The number of esters is 2. The fourth-order valence-corrected chi connectivity index (χ4v) is 9.84. The number of ether oxygens (including phenoxy) is 4. The van der Waals surface area contributed by atoms with E-state index in [0.29, 0.717) is 17.4 Å². The molecule has 9 heteroatoms. The summed E-state index contributed by atoms with van der Waals surface area (Å²) >= 11 is 0. The van der Waals surface area contributed by atoms with Crippen molar-refractivity contribution in [3.8, 4) is 0 Å². The van der Waals surface area contributed by atoms with Crippen LogP contribution in [0.15, 0.2) is 85.1 Å². The number of nitrogens with zero attached hydrogens (tertiary/aromatic N) is 1. The maximum absolute atomic E-state index is 12.9. The molecule has 0 rings (SSSR count). The number of hydrogen-bond acceptors (Lipinski definition) is 7. The Morgan fingerprint density at radius 2 is 0.687 bits per heavy atom. The second-order valence-electron chi connectivity index (χ2n) is 24.5. The Morgan fingerprint density at radius 3 is 1.02 bits per heavy atom. The van der Waals surface area contributed by atoms with Gasteiger partial charge < -0.3 is 28.5 Å². The quantitative estimate of drug-likeness (QED) is 0.0211. The van der Waals surface area contributed by atoms with Gasteiger partial charge in [0.1, 0.15) is 13.2 Å². The lowest BCUT2D eigenvalue weighted by atomic mass is 10.0. The van der Waals surface area contributed by atoms with Gasteiger partial charge in [-0.15, -0.1) is 0 Å². The van der Waals surface area contributed by atoms with E-state index in [9.17, 15) is 19.5 Å². The Morgan fingerprint density at radius 1 is 0.373 bits per heavy atom. The highest BCUT2D eigenvalue weighted by molar-refractivity contribution is 5.71. The monoisotopic (exact) mass is 1160 g/mol. The van der Waals surface area contributed by atoms with Gasteiger partial charge in [0.2, 0.25) is 0 Å². The van der Waals surface area contributed by atoms with Crippen LogP contribution in [0.4, 0.5) is 0 Å². The molecule has 0 aromatic carbocycles. The first-order valence-corrected chi connectivity index (χ1v) is 34.8. The first-order chi connectivity index (χ1) is 40.6. The number of carbonyl (C=O) groups excluding carboxylic acids is 2. The van der Waals surface area contributed by atoms with Gasteiger partial charge in [-0.05, 0) is 89.9 Å². The van der Waals surface area contributed by atoms with Crippen LogP contribution in [0.1, 0.15) is 309 Å². The number of allylic oxidation sites excluding steroid dienone is 14. The van der Waals surface area contributed by atoms with E-state index in [4.69, 9.17) is 18.9 Å². The van der Waals surface area contributed by atoms with Gasteiger partial charge in [0, 0.05) is 12.8 Å². The van der Waals surface area contributed by atoms with Crippen molar-refractivity contribution in [1.82, 2.24) is 0 Å². The third kappa shape index (κ3) is 65.9. The summed E-state index contributed by atoms with van der Waals surface area (Å²) in [6, 6.07) is 0. The van der Waals surface area contributed by atoms with E-state index in [-0.39, 0.29) is 32.2 Å². The van der Waals surface area contributed by atoms with Crippen molar-refractivity contribution in [3.63, 3.8) is 0 Å². The Balaban J connectivity index is 4.11. The smallest absolute Gasteiger partial charge is 0.361 e.